The molecule has 0 unspecified atom stereocenters. The number of hydrogen-bond acceptors (Lipinski definition) is 5. The van der Waals surface area contributed by atoms with E-state index in [0.717, 1.165) is 36.5 Å². The molecule has 2 N–H and O–H groups in total. The van der Waals surface area contributed by atoms with E-state index in [4.69, 9.17) is 9.88 Å². The van der Waals surface area contributed by atoms with E-state index in [2.05, 4.69) is 10.1 Å². The number of nitrogens with zero attached hydrogens (tertiary/aromatic N) is 4. The molecule has 1 aliphatic carbocycles. The van der Waals surface area contributed by atoms with Crippen molar-refractivity contribution in [2.24, 2.45) is 16.5 Å². The smallest absolute Gasteiger partial charge is 0.276 e. The molecule has 0 aromatic carbocycles. The van der Waals surface area contributed by atoms with E-state index < -0.39 is 10.2 Å². The Morgan fingerprint density at radius 2 is 2.04 bits per heavy atom. The first kappa shape index (κ1) is 18.4. The van der Waals surface area contributed by atoms with Crippen molar-refractivity contribution in [1.29, 1.82) is 0 Å². The molecular formula is C18H25N5O3S. The summed E-state index contributed by atoms with van der Waals surface area (Å²) in [4.78, 5) is 4.57. The maximum atomic E-state index is 11.4. The SMILES string of the molecule is Cc1cc(C)n(-c2cccc(OC[C@H]3CC34CCN(S(N)(=O)=O)CC4)n2)n1. The molecule has 1 aliphatic heterocycles. The highest BCUT2D eigenvalue weighted by atomic mass is 32.2. The minimum Gasteiger partial charge on any atom is -0.477 e. The number of aromatic nitrogens is 3. The third-order valence-corrected chi connectivity index (χ3v) is 6.89. The summed E-state index contributed by atoms with van der Waals surface area (Å²) in [5.74, 6) is 1.77. The van der Waals surface area contributed by atoms with Crippen LogP contribution in [-0.4, -0.2) is 47.2 Å². The number of rotatable bonds is 5. The van der Waals surface area contributed by atoms with Crippen LogP contribution in [0.4, 0.5) is 0 Å². The van der Waals surface area contributed by atoms with Gasteiger partial charge in [-0.25, -0.2) is 9.82 Å². The zero-order valence-electron chi connectivity index (χ0n) is 15.6. The van der Waals surface area contributed by atoms with Gasteiger partial charge < -0.3 is 4.74 Å². The fourth-order valence-corrected chi connectivity index (χ4v) is 4.81. The van der Waals surface area contributed by atoms with Gasteiger partial charge in [0.25, 0.3) is 10.2 Å². The van der Waals surface area contributed by atoms with Gasteiger partial charge in [-0.05, 0) is 56.6 Å². The quantitative estimate of drug-likeness (QED) is 0.833. The molecule has 1 spiro atoms. The molecule has 27 heavy (non-hydrogen) atoms. The third-order valence-electron chi connectivity index (χ3n) is 5.80. The molecule has 8 nitrogen and oxygen atoms in total. The summed E-state index contributed by atoms with van der Waals surface area (Å²) in [7, 11) is -3.57. The van der Waals surface area contributed by atoms with Gasteiger partial charge in [0.1, 0.15) is 0 Å². The van der Waals surface area contributed by atoms with E-state index in [1.54, 1.807) is 0 Å². The van der Waals surface area contributed by atoms with Crippen LogP contribution in [0.2, 0.25) is 0 Å². The first-order valence-corrected chi connectivity index (χ1v) is 10.7. The maximum Gasteiger partial charge on any atom is 0.276 e. The number of hydrogen-bond donors (Lipinski definition) is 1. The lowest BCUT2D eigenvalue weighted by molar-refractivity contribution is 0.205. The molecule has 4 rings (SSSR count). The van der Waals surface area contributed by atoms with Gasteiger partial charge in [-0.3, -0.25) is 0 Å². The normalized spacial score (nSPS) is 22.1. The Labute approximate surface area is 159 Å². The Bertz CT molecular complexity index is 948. The van der Waals surface area contributed by atoms with Crippen molar-refractivity contribution in [3.63, 3.8) is 0 Å². The average molecular weight is 391 g/mol. The molecule has 0 amide bonds. The highest BCUT2D eigenvalue weighted by Crippen LogP contribution is 2.59. The lowest BCUT2D eigenvalue weighted by Crippen LogP contribution is -2.43. The predicted molar refractivity (Wildman–Crippen MR) is 101 cm³/mol. The number of nitrogens with two attached hydrogens (primary N) is 1. The number of aryl methyl sites for hydroxylation is 2. The standard InChI is InChI=1S/C18H25N5O3S/c1-13-10-14(2)23(21-13)16-4-3-5-17(20-16)26-12-15-11-18(15)6-8-22(9-7-18)27(19,24)25/h3-5,10,15H,6-9,11-12H2,1-2H3,(H2,19,24,25)/t15-/m1/s1. The van der Waals surface area contributed by atoms with Crippen molar-refractivity contribution < 1.29 is 13.2 Å². The van der Waals surface area contributed by atoms with Gasteiger partial charge in [0.2, 0.25) is 5.88 Å². The number of ether oxygens (including phenoxy) is 1. The highest BCUT2D eigenvalue weighted by Gasteiger charge is 2.55. The second kappa shape index (κ2) is 6.57. The van der Waals surface area contributed by atoms with Crippen LogP contribution in [0, 0.1) is 25.2 Å². The molecular weight excluding hydrogens is 366 g/mol. The van der Waals surface area contributed by atoms with Crippen molar-refractivity contribution in [1.82, 2.24) is 19.1 Å². The van der Waals surface area contributed by atoms with Gasteiger partial charge in [0.15, 0.2) is 5.82 Å². The Hall–Kier alpha value is -1.97. The number of pyridine rings is 1. The van der Waals surface area contributed by atoms with Gasteiger partial charge in [0.05, 0.1) is 12.3 Å². The van der Waals surface area contributed by atoms with Crippen LogP contribution in [-0.2, 0) is 10.2 Å². The van der Waals surface area contributed by atoms with Gasteiger partial charge >= 0.3 is 0 Å². The molecule has 1 saturated carbocycles. The number of piperidine rings is 1. The van der Waals surface area contributed by atoms with Gasteiger partial charge in [-0.15, -0.1) is 0 Å². The van der Waals surface area contributed by atoms with E-state index in [1.807, 2.05) is 42.8 Å². The summed E-state index contributed by atoms with van der Waals surface area (Å²) in [5, 5.41) is 9.68. The molecule has 2 aliphatic rings. The topological polar surface area (TPSA) is 103 Å². The average Bonchev–Trinajstić information content (AvgIpc) is 3.16. The van der Waals surface area contributed by atoms with Crippen LogP contribution in [0.15, 0.2) is 24.3 Å². The lowest BCUT2D eigenvalue weighted by Gasteiger charge is -2.30. The van der Waals surface area contributed by atoms with Crippen molar-refractivity contribution >= 4 is 10.2 Å². The summed E-state index contributed by atoms with van der Waals surface area (Å²) in [6.07, 6.45) is 2.76. The van der Waals surface area contributed by atoms with Crippen LogP contribution in [0.1, 0.15) is 30.7 Å². The first-order valence-electron chi connectivity index (χ1n) is 9.18. The zero-order valence-corrected chi connectivity index (χ0v) is 16.4. The Balaban J connectivity index is 1.36. The molecule has 2 aromatic rings. The van der Waals surface area contributed by atoms with E-state index in [9.17, 15) is 8.42 Å². The van der Waals surface area contributed by atoms with E-state index in [-0.39, 0.29) is 5.41 Å². The highest BCUT2D eigenvalue weighted by molar-refractivity contribution is 7.86. The third kappa shape index (κ3) is 3.71. The van der Waals surface area contributed by atoms with E-state index in [1.165, 1.54) is 4.31 Å². The second-order valence-electron chi connectivity index (χ2n) is 7.69. The molecule has 2 aromatic heterocycles. The minimum absolute atomic E-state index is 0.203. The van der Waals surface area contributed by atoms with Crippen LogP contribution in [0.3, 0.4) is 0 Å². The van der Waals surface area contributed by atoms with Crippen molar-refractivity contribution in [3.8, 4) is 11.7 Å². The molecule has 1 atom stereocenters. The molecule has 1 saturated heterocycles. The molecule has 146 valence electrons. The summed E-state index contributed by atoms with van der Waals surface area (Å²) in [5.41, 5.74) is 2.18. The summed E-state index contributed by atoms with van der Waals surface area (Å²) in [6, 6.07) is 7.69. The summed E-state index contributed by atoms with van der Waals surface area (Å²) in [6.45, 7) is 5.56. The second-order valence-corrected chi connectivity index (χ2v) is 9.24. The Kier molecular flexibility index (Phi) is 4.48. The minimum atomic E-state index is -3.57. The monoisotopic (exact) mass is 391 g/mol. The van der Waals surface area contributed by atoms with Crippen molar-refractivity contribution in [2.45, 2.75) is 33.1 Å². The molecule has 0 radical (unpaired) electrons. The van der Waals surface area contributed by atoms with E-state index >= 15 is 0 Å². The van der Waals surface area contributed by atoms with Crippen LogP contribution in [0.25, 0.3) is 5.82 Å². The molecule has 3 heterocycles. The predicted octanol–water partition coefficient (Wildman–Crippen LogP) is 1.57. The van der Waals surface area contributed by atoms with Gasteiger partial charge in [0, 0.05) is 24.8 Å². The summed E-state index contributed by atoms with van der Waals surface area (Å²) >= 11 is 0. The maximum absolute atomic E-state index is 11.4. The fourth-order valence-electron chi connectivity index (χ4n) is 4.11. The van der Waals surface area contributed by atoms with Gasteiger partial charge in [-0.1, -0.05) is 6.07 Å². The lowest BCUT2D eigenvalue weighted by atomic mass is 9.92. The largest absolute Gasteiger partial charge is 0.477 e. The van der Waals surface area contributed by atoms with Crippen LogP contribution < -0.4 is 9.88 Å². The molecule has 0 bridgehead atoms. The Morgan fingerprint density at radius 1 is 1.30 bits per heavy atom. The summed E-state index contributed by atoms with van der Waals surface area (Å²) < 4.78 is 32.0. The van der Waals surface area contributed by atoms with Crippen molar-refractivity contribution in [3.05, 3.63) is 35.7 Å². The Morgan fingerprint density at radius 3 is 2.67 bits per heavy atom. The molecule has 9 heteroatoms. The molecule has 2 fully saturated rings. The van der Waals surface area contributed by atoms with Crippen LogP contribution >= 0.6 is 0 Å². The fraction of sp³-hybridized carbons (Fsp3) is 0.556. The van der Waals surface area contributed by atoms with Gasteiger partial charge in [-0.2, -0.15) is 22.8 Å². The van der Waals surface area contributed by atoms with E-state index in [0.29, 0.717) is 31.5 Å². The van der Waals surface area contributed by atoms with Crippen molar-refractivity contribution in [2.75, 3.05) is 19.7 Å². The van der Waals surface area contributed by atoms with Crippen LogP contribution in [0.5, 0.6) is 5.88 Å². The zero-order chi connectivity index (χ0) is 19.2. The first-order chi connectivity index (χ1) is 12.8.